The molecule has 1 aromatic heterocycles. The molecule has 0 atom stereocenters. The van der Waals surface area contributed by atoms with Crippen LogP contribution in [0.1, 0.15) is 15.2 Å². The Bertz CT molecular complexity index is 1140. The number of methoxy groups -OCH3 is 1. The van der Waals surface area contributed by atoms with E-state index in [1.807, 2.05) is 0 Å². The summed E-state index contributed by atoms with van der Waals surface area (Å²) in [5, 5.41) is 2.15. The number of carbonyl (C=O) groups is 1. The summed E-state index contributed by atoms with van der Waals surface area (Å²) in [6, 6.07) is 12.2. The number of thiophene rings is 1. The first kappa shape index (κ1) is 23.2. The van der Waals surface area contributed by atoms with Gasteiger partial charge in [0.25, 0.3) is 5.91 Å². The number of ether oxygens (including phenoxy) is 1. The quantitative estimate of drug-likeness (QED) is 0.416. The van der Waals surface area contributed by atoms with Crippen molar-refractivity contribution in [2.24, 2.45) is 0 Å². The van der Waals surface area contributed by atoms with E-state index in [4.69, 9.17) is 20.5 Å². The Morgan fingerprint density at radius 1 is 1.16 bits per heavy atom. The number of hydrogen-bond acceptors (Lipinski definition) is 6. The molecule has 0 aliphatic heterocycles. The number of carbonyl (C=O) groups excluding carboxylic acids is 1. The van der Waals surface area contributed by atoms with E-state index < -0.39 is 15.9 Å². The summed E-state index contributed by atoms with van der Waals surface area (Å²) in [6.07, 6.45) is 0. The van der Waals surface area contributed by atoms with E-state index in [9.17, 15) is 17.6 Å². The Labute approximate surface area is 188 Å². The Morgan fingerprint density at radius 3 is 2.55 bits per heavy atom. The fraction of sp³-hybridized carbons (Fsp3) is 0.190. The minimum atomic E-state index is -4.22. The lowest BCUT2D eigenvalue weighted by Gasteiger charge is -2.23. The van der Waals surface area contributed by atoms with E-state index in [1.165, 1.54) is 35.5 Å². The summed E-state index contributed by atoms with van der Waals surface area (Å²) in [4.78, 5) is 14.8. The van der Waals surface area contributed by atoms with Crippen LogP contribution in [-0.4, -0.2) is 39.5 Å². The fourth-order valence-corrected chi connectivity index (χ4v) is 4.59. The maximum Gasteiger partial charge on any atom is 0.339 e. The molecule has 3 aromatic rings. The van der Waals surface area contributed by atoms with Crippen molar-refractivity contribution in [3.8, 4) is 5.75 Å². The third-order valence-corrected chi connectivity index (χ3v) is 6.61. The number of halogens is 2. The van der Waals surface area contributed by atoms with Crippen LogP contribution in [0.2, 0.25) is 5.02 Å². The third-order valence-electron chi connectivity index (χ3n) is 4.27. The molecule has 0 saturated heterocycles. The molecular weight excluding hydrogens is 465 g/mol. The average Bonchev–Trinajstić information content (AvgIpc) is 3.27. The lowest BCUT2D eigenvalue weighted by molar-refractivity contribution is 0.0684. The Hall–Kier alpha value is -2.46. The highest BCUT2D eigenvalue weighted by molar-refractivity contribution is 7.87. The van der Waals surface area contributed by atoms with Gasteiger partial charge in [-0.3, -0.25) is 4.79 Å². The van der Waals surface area contributed by atoms with Crippen LogP contribution in [0, 0.1) is 5.82 Å². The summed E-state index contributed by atoms with van der Waals surface area (Å²) < 4.78 is 48.9. The number of amides is 1. The van der Waals surface area contributed by atoms with Crippen LogP contribution in [0.25, 0.3) is 0 Å². The van der Waals surface area contributed by atoms with Crippen molar-refractivity contribution in [2.75, 3.05) is 20.3 Å². The molecule has 0 saturated carbocycles. The van der Waals surface area contributed by atoms with E-state index in [0.717, 1.165) is 24.3 Å². The fourth-order valence-electron chi connectivity index (χ4n) is 2.74. The molecule has 0 spiro atoms. The van der Waals surface area contributed by atoms with Crippen molar-refractivity contribution in [1.29, 1.82) is 0 Å². The lowest BCUT2D eigenvalue weighted by atomic mass is 10.2. The van der Waals surface area contributed by atoms with Crippen LogP contribution in [-0.2, 0) is 21.4 Å². The van der Waals surface area contributed by atoms with Crippen LogP contribution in [0.15, 0.2) is 64.9 Å². The van der Waals surface area contributed by atoms with E-state index in [-0.39, 0.29) is 29.6 Å². The number of rotatable bonds is 9. The van der Waals surface area contributed by atoms with Gasteiger partial charge in [-0.2, -0.15) is 8.42 Å². The maximum atomic E-state index is 13.2. The van der Waals surface area contributed by atoms with Crippen LogP contribution < -0.4 is 4.18 Å². The van der Waals surface area contributed by atoms with Gasteiger partial charge in [-0.15, -0.1) is 11.3 Å². The standard InChI is InChI=1S/C21H19ClFNO5S2/c1-28-11-10-24(21(25)20-3-2-12-30-20)14-15-13-16(22)4-9-19(15)29-31(26,27)18-7-5-17(23)6-8-18/h2-9,12-13H,10-11,14H2,1H3. The second-order valence-corrected chi connectivity index (χ2v) is 9.37. The molecule has 1 amide bonds. The van der Waals surface area contributed by atoms with Gasteiger partial charge in [0.05, 0.1) is 11.5 Å². The van der Waals surface area contributed by atoms with Crippen LogP contribution >= 0.6 is 22.9 Å². The number of nitrogens with zero attached hydrogens (tertiary/aromatic N) is 1. The third kappa shape index (κ3) is 6.04. The zero-order valence-electron chi connectivity index (χ0n) is 16.5. The predicted molar refractivity (Wildman–Crippen MR) is 117 cm³/mol. The van der Waals surface area contributed by atoms with Crippen molar-refractivity contribution >= 4 is 39.0 Å². The highest BCUT2D eigenvalue weighted by Gasteiger charge is 2.22. The van der Waals surface area contributed by atoms with Crippen molar-refractivity contribution in [2.45, 2.75) is 11.4 Å². The molecule has 164 valence electrons. The molecule has 3 rings (SSSR count). The summed E-state index contributed by atoms with van der Waals surface area (Å²) in [7, 11) is -2.69. The van der Waals surface area contributed by atoms with Crippen LogP contribution in [0.5, 0.6) is 5.75 Å². The highest BCUT2D eigenvalue weighted by Crippen LogP contribution is 2.28. The minimum Gasteiger partial charge on any atom is -0.383 e. The van der Waals surface area contributed by atoms with Gasteiger partial charge in [-0.05, 0) is 53.9 Å². The molecule has 0 aliphatic rings. The minimum absolute atomic E-state index is 0.0233. The smallest absolute Gasteiger partial charge is 0.339 e. The second-order valence-electron chi connectivity index (χ2n) is 6.44. The van der Waals surface area contributed by atoms with E-state index >= 15 is 0 Å². The average molecular weight is 484 g/mol. The first-order valence-electron chi connectivity index (χ1n) is 9.10. The van der Waals surface area contributed by atoms with Crippen LogP contribution in [0.3, 0.4) is 0 Å². The largest absolute Gasteiger partial charge is 0.383 e. The molecule has 6 nitrogen and oxygen atoms in total. The lowest BCUT2D eigenvalue weighted by Crippen LogP contribution is -2.33. The number of benzene rings is 2. The molecule has 10 heteroatoms. The monoisotopic (exact) mass is 483 g/mol. The molecule has 0 unspecified atom stereocenters. The normalized spacial score (nSPS) is 11.3. The SMILES string of the molecule is COCCN(Cc1cc(Cl)ccc1OS(=O)(=O)c1ccc(F)cc1)C(=O)c1cccs1. The molecule has 0 radical (unpaired) electrons. The van der Waals surface area contributed by atoms with Gasteiger partial charge in [-0.25, -0.2) is 4.39 Å². The van der Waals surface area contributed by atoms with Crippen molar-refractivity contribution in [1.82, 2.24) is 4.90 Å². The Kier molecular flexibility index (Phi) is 7.66. The topological polar surface area (TPSA) is 72.9 Å². The van der Waals surface area contributed by atoms with Gasteiger partial charge >= 0.3 is 10.1 Å². The summed E-state index contributed by atoms with van der Waals surface area (Å²) in [5.41, 5.74) is 0.402. The zero-order chi connectivity index (χ0) is 22.4. The molecule has 0 fully saturated rings. The van der Waals surface area contributed by atoms with Crippen molar-refractivity contribution in [3.05, 3.63) is 81.3 Å². The van der Waals surface area contributed by atoms with Gasteiger partial charge in [0.2, 0.25) is 0 Å². The first-order valence-corrected chi connectivity index (χ1v) is 11.8. The predicted octanol–water partition coefficient (Wildman–Crippen LogP) is 4.60. The molecule has 2 aromatic carbocycles. The molecule has 0 N–H and O–H groups in total. The van der Waals surface area contributed by atoms with Crippen molar-refractivity contribution < 1.29 is 26.5 Å². The van der Waals surface area contributed by atoms with Gasteiger partial charge in [0.15, 0.2) is 0 Å². The van der Waals surface area contributed by atoms with Crippen LogP contribution in [0.4, 0.5) is 4.39 Å². The molecule has 0 aliphatic carbocycles. The van der Waals surface area contributed by atoms with Gasteiger partial charge in [-0.1, -0.05) is 17.7 Å². The van der Waals surface area contributed by atoms with Gasteiger partial charge in [0.1, 0.15) is 16.5 Å². The Balaban J connectivity index is 1.90. The molecular formula is C21H19ClFNO5S2. The van der Waals surface area contributed by atoms with E-state index in [2.05, 4.69) is 0 Å². The van der Waals surface area contributed by atoms with Crippen molar-refractivity contribution in [3.63, 3.8) is 0 Å². The summed E-state index contributed by atoms with van der Waals surface area (Å²) in [5.74, 6) is -0.763. The second kappa shape index (κ2) is 10.2. The van der Waals surface area contributed by atoms with E-state index in [1.54, 1.807) is 23.6 Å². The summed E-state index contributed by atoms with van der Waals surface area (Å²) >= 11 is 7.42. The van der Waals surface area contributed by atoms with Gasteiger partial charge < -0.3 is 13.8 Å². The zero-order valence-corrected chi connectivity index (χ0v) is 18.8. The Morgan fingerprint density at radius 2 is 1.90 bits per heavy atom. The first-order chi connectivity index (χ1) is 14.8. The molecule has 1 heterocycles. The van der Waals surface area contributed by atoms with Gasteiger partial charge in [0, 0.05) is 30.8 Å². The summed E-state index contributed by atoms with van der Waals surface area (Å²) in [6.45, 7) is 0.626. The molecule has 0 bridgehead atoms. The maximum absolute atomic E-state index is 13.2. The number of hydrogen-bond donors (Lipinski definition) is 0. The highest BCUT2D eigenvalue weighted by atomic mass is 35.5. The van der Waals surface area contributed by atoms with E-state index in [0.29, 0.717) is 22.1 Å². The molecule has 31 heavy (non-hydrogen) atoms.